The molecule has 0 heterocycles. The van der Waals surface area contributed by atoms with E-state index in [0.29, 0.717) is 0 Å². The second kappa shape index (κ2) is 3.14. The summed E-state index contributed by atoms with van der Waals surface area (Å²) < 4.78 is 0. The van der Waals surface area contributed by atoms with Gasteiger partial charge < -0.3 is 11.5 Å². The molecule has 0 bridgehead atoms. The number of rotatable bonds is 0. The van der Waals surface area contributed by atoms with Gasteiger partial charge in [-0.25, -0.2) is 0 Å². The molecule has 0 aliphatic rings. The molecule has 0 aliphatic carbocycles. The van der Waals surface area contributed by atoms with E-state index in [2.05, 4.69) is 12.1 Å². The van der Waals surface area contributed by atoms with E-state index in [-0.39, 0.29) is 0 Å². The van der Waals surface area contributed by atoms with Gasteiger partial charge in [-0.3, -0.25) is 0 Å². The van der Waals surface area contributed by atoms with Crippen LogP contribution >= 0.6 is 0 Å². The van der Waals surface area contributed by atoms with Crippen molar-refractivity contribution in [3.63, 3.8) is 0 Å². The Kier molecular flexibility index (Phi) is 1.77. The molecule has 16 heavy (non-hydrogen) atoms. The first kappa shape index (κ1) is 9.04. The minimum absolute atomic E-state index is 0.794. The molecule has 0 fully saturated rings. The third kappa shape index (κ3) is 1.36. The highest BCUT2D eigenvalue weighted by molar-refractivity contribution is 6.00. The van der Waals surface area contributed by atoms with E-state index in [1.807, 2.05) is 36.4 Å². The molecule has 4 N–H and O–H groups in total. The van der Waals surface area contributed by atoms with E-state index in [1.165, 1.54) is 10.8 Å². The summed E-state index contributed by atoms with van der Waals surface area (Å²) in [5.74, 6) is 0. The number of hydrogen-bond acceptors (Lipinski definition) is 2. The number of fused-ring (bicyclic) bond motifs is 2. The van der Waals surface area contributed by atoms with Crippen molar-refractivity contribution in [1.82, 2.24) is 0 Å². The second-order valence-corrected chi connectivity index (χ2v) is 4.07. The van der Waals surface area contributed by atoms with Gasteiger partial charge in [0.2, 0.25) is 0 Å². The Balaban J connectivity index is 2.44. The molecule has 0 radical (unpaired) electrons. The van der Waals surface area contributed by atoms with Crippen LogP contribution in [0.15, 0.2) is 48.5 Å². The molecule has 0 spiro atoms. The minimum Gasteiger partial charge on any atom is -0.399 e. The molecule has 0 aliphatic heterocycles. The summed E-state index contributed by atoms with van der Waals surface area (Å²) in [6.07, 6.45) is 0. The maximum atomic E-state index is 5.77. The molecule has 3 aromatic rings. The van der Waals surface area contributed by atoms with Crippen LogP contribution in [0.25, 0.3) is 21.5 Å². The van der Waals surface area contributed by atoms with Crippen molar-refractivity contribution in [2.75, 3.05) is 11.5 Å². The van der Waals surface area contributed by atoms with E-state index in [9.17, 15) is 0 Å². The lowest BCUT2D eigenvalue weighted by Gasteiger charge is -2.04. The van der Waals surface area contributed by atoms with Crippen molar-refractivity contribution in [2.24, 2.45) is 0 Å². The highest BCUT2D eigenvalue weighted by atomic mass is 14.5. The van der Waals surface area contributed by atoms with E-state index in [4.69, 9.17) is 11.5 Å². The fraction of sp³-hybridized carbons (Fsp3) is 0. The Labute approximate surface area is 93.5 Å². The summed E-state index contributed by atoms with van der Waals surface area (Å²) in [4.78, 5) is 0. The zero-order valence-electron chi connectivity index (χ0n) is 8.77. The first-order valence-corrected chi connectivity index (χ1v) is 5.21. The average molecular weight is 208 g/mol. The lowest BCUT2D eigenvalue weighted by molar-refractivity contribution is 1.73. The van der Waals surface area contributed by atoms with Crippen LogP contribution < -0.4 is 11.5 Å². The average Bonchev–Trinajstić information content (AvgIpc) is 2.26. The standard InChI is InChI=1S/C14H12N2/c15-13-3-1-9-5-12-8-14(16)4-2-10(12)6-11(9)7-13/h1-8H,15-16H2. The summed E-state index contributed by atoms with van der Waals surface area (Å²) in [5.41, 5.74) is 13.1. The van der Waals surface area contributed by atoms with Crippen LogP contribution in [0, 0.1) is 0 Å². The van der Waals surface area contributed by atoms with E-state index >= 15 is 0 Å². The van der Waals surface area contributed by atoms with E-state index < -0.39 is 0 Å². The monoisotopic (exact) mass is 208 g/mol. The predicted molar refractivity (Wildman–Crippen MR) is 70.3 cm³/mol. The first-order chi connectivity index (χ1) is 7.72. The normalized spacial score (nSPS) is 11.0. The fourth-order valence-corrected chi connectivity index (χ4v) is 2.03. The molecule has 3 rings (SSSR count). The van der Waals surface area contributed by atoms with Crippen molar-refractivity contribution < 1.29 is 0 Å². The van der Waals surface area contributed by atoms with Crippen molar-refractivity contribution in [3.05, 3.63) is 48.5 Å². The smallest absolute Gasteiger partial charge is 0.0320 e. The molecule has 2 heteroatoms. The molecule has 0 unspecified atom stereocenters. The zero-order chi connectivity index (χ0) is 11.1. The van der Waals surface area contributed by atoms with Gasteiger partial charge >= 0.3 is 0 Å². The van der Waals surface area contributed by atoms with Gasteiger partial charge in [0, 0.05) is 11.4 Å². The Bertz CT molecular complexity index is 625. The van der Waals surface area contributed by atoms with Crippen LogP contribution in [0.2, 0.25) is 0 Å². The quantitative estimate of drug-likeness (QED) is 0.440. The molecule has 0 saturated heterocycles. The third-order valence-electron chi connectivity index (χ3n) is 2.84. The van der Waals surface area contributed by atoms with Gasteiger partial charge in [0.05, 0.1) is 0 Å². The number of benzene rings is 3. The highest BCUT2D eigenvalue weighted by Gasteiger charge is 1.99. The number of nitrogens with two attached hydrogens (primary N) is 2. The van der Waals surface area contributed by atoms with Crippen LogP contribution in [-0.2, 0) is 0 Å². The molecule has 0 atom stereocenters. The molecular weight excluding hydrogens is 196 g/mol. The van der Waals surface area contributed by atoms with Crippen LogP contribution in [0.5, 0.6) is 0 Å². The summed E-state index contributed by atoms with van der Waals surface area (Å²) in [6.45, 7) is 0. The van der Waals surface area contributed by atoms with Crippen LogP contribution in [0.1, 0.15) is 0 Å². The Morgan fingerprint density at radius 3 is 1.38 bits per heavy atom. The number of nitrogen functional groups attached to an aromatic ring is 2. The van der Waals surface area contributed by atoms with Crippen LogP contribution in [0.3, 0.4) is 0 Å². The van der Waals surface area contributed by atoms with Gasteiger partial charge in [-0.05, 0) is 57.9 Å². The van der Waals surface area contributed by atoms with Gasteiger partial charge in [0.1, 0.15) is 0 Å². The maximum Gasteiger partial charge on any atom is 0.0320 e. The first-order valence-electron chi connectivity index (χ1n) is 5.21. The Morgan fingerprint density at radius 2 is 0.938 bits per heavy atom. The summed E-state index contributed by atoms with van der Waals surface area (Å²) in [7, 11) is 0. The fourth-order valence-electron chi connectivity index (χ4n) is 2.03. The second-order valence-electron chi connectivity index (χ2n) is 4.07. The van der Waals surface area contributed by atoms with Gasteiger partial charge in [0.15, 0.2) is 0 Å². The van der Waals surface area contributed by atoms with E-state index in [0.717, 1.165) is 22.1 Å². The van der Waals surface area contributed by atoms with Gasteiger partial charge in [-0.1, -0.05) is 12.1 Å². The number of anilines is 2. The van der Waals surface area contributed by atoms with E-state index in [1.54, 1.807) is 0 Å². The van der Waals surface area contributed by atoms with Gasteiger partial charge in [-0.15, -0.1) is 0 Å². The summed E-state index contributed by atoms with van der Waals surface area (Å²) in [5, 5.41) is 4.70. The van der Waals surface area contributed by atoms with Crippen molar-refractivity contribution in [2.45, 2.75) is 0 Å². The number of hydrogen-bond donors (Lipinski definition) is 2. The van der Waals surface area contributed by atoms with Crippen molar-refractivity contribution in [1.29, 1.82) is 0 Å². The summed E-state index contributed by atoms with van der Waals surface area (Å²) >= 11 is 0. The van der Waals surface area contributed by atoms with Gasteiger partial charge in [-0.2, -0.15) is 0 Å². The third-order valence-corrected chi connectivity index (χ3v) is 2.84. The van der Waals surface area contributed by atoms with Crippen molar-refractivity contribution >= 4 is 32.9 Å². The largest absolute Gasteiger partial charge is 0.399 e. The molecule has 78 valence electrons. The molecule has 3 aromatic carbocycles. The SMILES string of the molecule is Nc1ccc2cc3cc(N)ccc3cc2c1. The van der Waals surface area contributed by atoms with Gasteiger partial charge in [0.25, 0.3) is 0 Å². The predicted octanol–water partition coefficient (Wildman–Crippen LogP) is 3.16. The highest BCUT2D eigenvalue weighted by Crippen LogP contribution is 2.25. The maximum absolute atomic E-state index is 5.77. The van der Waals surface area contributed by atoms with Crippen LogP contribution in [-0.4, -0.2) is 0 Å². The molecule has 2 nitrogen and oxygen atoms in total. The molecule has 0 amide bonds. The van der Waals surface area contributed by atoms with Crippen molar-refractivity contribution in [3.8, 4) is 0 Å². The van der Waals surface area contributed by atoms with Crippen LogP contribution in [0.4, 0.5) is 11.4 Å². The lowest BCUT2D eigenvalue weighted by Crippen LogP contribution is -1.86. The molecule has 0 aromatic heterocycles. The zero-order valence-corrected chi connectivity index (χ0v) is 8.77. The minimum atomic E-state index is 0.794. The Morgan fingerprint density at radius 1 is 0.500 bits per heavy atom. The lowest BCUT2D eigenvalue weighted by atomic mass is 10.0. The summed E-state index contributed by atoms with van der Waals surface area (Å²) in [6, 6.07) is 16.2. The topological polar surface area (TPSA) is 52.0 Å². The molecule has 0 saturated carbocycles. The molecular formula is C14H12N2. The Hall–Kier alpha value is -2.22.